The van der Waals surface area contributed by atoms with Gasteiger partial charge in [0.2, 0.25) is 0 Å². The topological polar surface area (TPSA) is 68.8 Å². The zero-order valence-corrected chi connectivity index (χ0v) is 9.50. The Morgan fingerprint density at radius 3 is 3.00 bits per heavy atom. The number of hydrogen-bond donors (Lipinski definition) is 2. The molecule has 0 aliphatic carbocycles. The second-order valence-corrected chi connectivity index (χ2v) is 4.20. The lowest BCUT2D eigenvalue weighted by Gasteiger charge is -2.24. The van der Waals surface area contributed by atoms with Gasteiger partial charge in [-0.25, -0.2) is 4.68 Å². The maximum absolute atomic E-state index is 5.77. The molecule has 1 atom stereocenters. The van der Waals surface area contributed by atoms with Crippen LogP contribution in [0.15, 0.2) is 30.6 Å². The number of nitrogens with one attached hydrogen (secondary N) is 1. The van der Waals surface area contributed by atoms with Crippen molar-refractivity contribution in [1.82, 2.24) is 14.8 Å². The molecule has 2 aromatic heterocycles. The van der Waals surface area contributed by atoms with E-state index < -0.39 is 0 Å². The minimum atomic E-state index is 0.307. The number of nitrogens with zero attached hydrogens (tertiary/aromatic N) is 3. The van der Waals surface area contributed by atoms with Crippen LogP contribution in [-0.4, -0.2) is 27.9 Å². The Morgan fingerprint density at radius 2 is 2.24 bits per heavy atom. The van der Waals surface area contributed by atoms with Crippen LogP contribution < -0.4 is 11.1 Å². The van der Waals surface area contributed by atoms with Gasteiger partial charge in [-0.2, -0.15) is 5.10 Å². The Kier molecular flexibility index (Phi) is 2.53. The summed E-state index contributed by atoms with van der Waals surface area (Å²) in [6.07, 6.45) is 4.59. The second kappa shape index (κ2) is 4.18. The maximum atomic E-state index is 5.77. The van der Waals surface area contributed by atoms with E-state index in [1.54, 1.807) is 12.4 Å². The predicted octanol–water partition coefficient (Wildman–Crippen LogP) is 1.26. The van der Waals surface area contributed by atoms with E-state index in [0.717, 1.165) is 30.0 Å². The summed E-state index contributed by atoms with van der Waals surface area (Å²) in [6, 6.07) is 6.30. The molecule has 1 unspecified atom stereocenters. The zero-order chi connectivity index (χ0) is 11.7. The van der Waals surface area contributed by atoms with Gasteiger partial charge in [0.05, 0.1) is 11.7 Å². The van der Waals surface area contributed by atoms with Crippen molar-refractivity contribution < 1.29 is 0 Å². The molecule has 5 heteroatoms. The smallest absolute Gasteiger partial charge is 0.125 e. The van der Waals surface area contributed by atoms with E-state index in [9.17, 15) is 0 Å². The zero-order valence-electron chi connectivity index (χ0n) is 9.50. The molecule has 0 fully saturated rings. The SMILES string of the molecule is NCC1CCNc2cc(-c3ccncc3)nn21. The molecule has 3 rings (SSSR count). The first kappa shape index (κ1) is 10.3. The van der Waals surface area contributed by atoms with Gasteiger partial charge < -0.3 is 11.1 Å². The summed E-state index contributed by atoms with van der Waals surface area (Å²) in [7, 11) is 0. The molecule has 2 aromatic rings. The van der Waals surface area contributed by atoms with E-state index in [4.69, 9.17) is 5.73 Å². The lowest BCUT2D eigenvalue weighted by molar-refractivity contribution is 0.429. The molecule has 0 saturated heterocycles. The van der Waals surface area contributed by atoms with E-state index in [-0.39, 0.29) is 0 Å². The molecule has 0 spiro atoms. The molecular formula is C12H15N5. The molecule has 88 valence electrons. The van der Waals surface area contributed by atoms with E-state index in [2.05, 4.69) is 21.5 Å². The lowest BCUT2D eigenvalue weighted by Crippen LogP contribution is -2.28. The summed E-state index contributed by atoms with van der Waals surface area (Å²) < 4.78 is 2.00. The largest absolute Gasteiger partial charge is 0.370 e. The Morgan fingerprint density at radius 1 is 1.41 bits per heavy atom. The van der Waals surface area contributed by atoms with Crippen LogP contribution in [0.2, 0.25) is 0 Å². The van der Waals surface area contributed by atoms with Gasteiger partial charge >= 0.3 is 0 Å². The minimum Gasteiger partial charge on any atom is -0.370 e. The molecule has 17 heavy (non-hydrogen) atoms. The number of hydrogen-bond acceptors (Lipinski definition) is 4. The van der Waals surface area contributed by atoms with Crippen LogP contribution in [0.3, 0.4) is 0 Å². The molecule has 5 nitrogen and oxygen atoms in total. The van der Waals surface area contributed by atoms with Gasteiger partial charge in [-0.15, -0.1) is 0 Å². The Labute approximate surface area is 99.7 Å². The average Bonchev–Trinajstić information content (AvgIpc) is 2.83. The number of aromatic nitrogens is 3. The van der Waals surface area contributed by atoms with Gasteiger partial charge in [0, 0.05) is 37.1 Å². The Hall–Kier alpha value is -1.88. The van der Waals surface area contributed by atoms with Crippen molar-refractivity contribution in [2.24, 2.45) is 5.73 Å². The maximum Gasteiger partial charge on any atom is 0.125 e. The molecule has 1 aliphatic heterocycles. The normalized spacial score (nSPS) is 18.5. The van der Waals surface area contributed by atoms with E-state index in [0.29, 0.717) is 12.6 Å². The molecular weight excluding hydrogens is 214 g/mol. The predicted molar refractivity (Wildman–Crippen MR) is 66.7 cm³/mol. The number of pyridine rings is 1. The van der Waals surface area contributed by atoms with Crippen LogP contribution in [0.4, 0.5) is 5.82 Å². The summed E-state index contributed by atoms with van der Waals surface area (Å²) in [6.45, 7) is 1.59. The molecule has 0 radical (unpaired) electrons. The summed E-state index contributed by atoms with van der Waals surface area (Å²) in [5.41, 5.74) is 7.82. The van der Waals surface area contributed by atoms with Crippen LogP contribution in [-0.2, 0) is 0 Å². The number of rotatable bonds is 2. The van der Waals surface area contributed by atoms with E-state index in [1.165, 1.54) is 0 Å². The highest BCUT2D eigenvalue weighted by molar-refractivity contribution is 5.62. The highest BCUT2D eigenvalue weighted by atomic mass is 15.4. The van der Waals surface area contributed by atoms with Crippen LogP contribution in [0.25, 0.3) is 11.3 Å². The Balaban J connectivity index is 2.02. The molecule has 0 saturated carbocycles. The van der Waals surface area contributed by atoms with Crippen LogP contribution >= 0.6 is 0 Å². The average molecular weight is 229 g/mol. The van der Waals surface area contributed by atoms with Crippen molar-refractivity contribution in [2.75, 3.05) is 18.4 Å². The fourth-order valence-electron chi connectivity index (χ4n) is 2.18. The van der Waals surface area contributed by atoms with E-state index in [1.807, 2.05) is 16.8 Å². The Bertz CT molecular complexity index is 505. The van der Waals surface area contributed by atoms with Crippen LogP contribution in [0.1, 0.15) is 12.5 Å². The summed E-state index contributed by atoms with van der Waals surface area (Å²) in [5, 5.41) is 7.97. The van der Waals surface area contributed by atoms with Crippen LogP contribution in [0.5, 0.6) is 0 Å². The van der Waals surface area contributed by atoms with Gasteiger partial charge in [-0.3, -0.25) is 4.98 Å². The van der Waals surface area contributed by atoms with E-state index >= 15 is 0 Å². The molecule has 3 heterocycles. The highest BCUT2D eigenvalue weighted by Crippen LogP contribution is 2.27. The fraction of sp³-hybridized carbons (Fsp3) is 0.333. The molecule has 0 aromatic carbocycles. The monoisotopic (exact) mass is 229 g/mol. The van der Waals surface area contributed by atoms with Crippen molar-refractivity contribution in [1.29, 1.82) is 0 Å². The van der Waals surface area contributed by atoms with Gasteiger partial charge in [-0.05, 0) is 18.6 Å². The van der Waals surface area contributed by atoms with Gasteiger partial charge in [0.15, 0.2) is 0 Å². The first-order chi connectivity index (χ1) is 8.38. The number of nitrogens with two attached hydrogens (primary N) is 1. The van der Waals surface area contributed by atoms with Crippen molar-refractivity contribution >= 4 is 5.82 Å². The standard InChI is InChI=1S/C12H15N5/c13-8-10-3-6-15-12-7-11(16-17(10)12)9-1-4-14-5-2-9/h1-2,4-5,7,10,15H,3,6,8,13H2. The van der Waals surface area contributed by atoms with Crippen molar-refractivity contribution in [2.45, 2.75) is 12.5 Å². The molecule has 0 amide bonds. The number of fused-ring (bicyclic) bond motifs is 1. The third kappa shape index (κ3) is 1.78. The van der Waals surface area contributed by atoms with Gasteiger partial charge in [0.25, 0.3) is 0 Å². The lowest BCUT2D eigenvalue weighted by atomic mass is 10.2. The van der Waals surface area contributed by atoms with Crippen molar-refractivity contribution in [3.05, 3.63) is 30.6 Å². The highest BCUT2D eigenvalue weighted by Gasteiger charge is 2.20. The molecule has 3 N–H and O–H groups in total. The first-order valence-corrected chi connectivity index (χ1v) is 5.82. The van der Waals surface area contributed by atoms with Gasteiger partial charge in [0.1, 0.15) is 5.82 Å². The second-order valence-electron chi connectivity index (χ2n) is 4.20. The third-order valence-electron chi connectivity index (χ3n) is 3.11. The van der Waals surface area contributed by atoms with Crippen LogP contribution in [0, 0.1) is 0 Å². The minimum absolute atomic E-state index is 0.307. The molecule has 1 aliphatic rings. The summed E-state index contributed by atoms with van der Waals surface area (Å²) in [5.74, 6) is 1.05. The van der Waals surface area contributed by atoms with Crippen molar-refractivity contribution in [3.63, 3.8) is 0 Å². The summed E-state index contributed by atoms with van der Waals surface area (Å²) >= 11 is 0. The third-order valence-corrected chi connectivity index (χ3v) is 3.11. The fourth-order valence-corrected chi connectivity index (χ4v) is 2.18. The molecule has 0 bridgehead atoms. The quantitative estimate of drug-likeness (QED) is 0.813. The first-order valence-electron chi connectivity index (χ1n) is 5.82. The summed E-state index contributed by atoms with van der Waals surface area (Å²) in [4.78, 5) is 4.01. The van der Waals surface area contributed by atoms with Gasteiger partial charge in [-0.1, -0.05) is 0 Å². The number of anilines is 1. The van der Waals surface area contributed by atoms with Crippen molar-refractivity contribution in [3.8, 4) is 11.3 Å².